The zero-order chi connectivity index (χ0) is 11.4. The van der Waals surface area contributed by atoms with Gasteiger partial charge in [-0.1, -0.05) is 0 Å². The molecule has 16 heavy (non-hydrogen) atoms. The van der Waals surface area contributed by atoms with E-state index in [1.165, 1.54) is 19.3 Å². The summed E-state index contributed by atoms with van der Waals surface area (Å²) in [6.45, 7) is 4.25. The van der Waals surface area contributed by atoms with E-state index in [0.29, 0.717) is 11.8 Å². The minimum absolute atomic E-state index is 0.339. The molecule has 1 saturated heterocycles. The van der Waals surface area contributed by atoms with Crippen LogP contribution < -0.4 is 10.6 Å². The van der Waals surface area contributed by atoms with E-state index in [2.05, 4.69) is 10.6 Å². The van der Waals surface area contributed by atoms with E-state index in [9.17, 15) is 5.11 Å². The summed E-state index contributed by atoms with van der Waals surface area (Å²) in [6, 6.07) is 6.06. The Morgan fingerprint density at radius 2 is 2.19 bits per heavy atom. The standard InChI is InChI=1S/C13H20N2O/c1-10-9-12(16)4-5-13(10)15-11-3-2-7-14-8-6-11/h4-5,9,11,14-16H,2-3,6-8H2,1H3. The van der Waals surface area contributed by atoms with Gasteiger partial charge in [0.2, 0.25) is 0 Å². The molecule has 1 aromatic carbocycles. The molecular weight excluding hydrogens is 200 g/mol. The summed E-state index contributed by atoms with van der Waals surface area (Å²) in [5.41, 5.74) is 2.25. The first-order valence-corrected chi connectivity index (χ1v) is 6.02. The Labute approximate surface area is 96.9 Å². The van der Waals surface area contributed by atoms with E-state index in [0.717, 1.165) is 24.3 Å². The Bertz CT molecular complexity index is 344. The number of phenolic OH excluding ortho intramolecular Hbond substituents is 1. The van der Waals surface area contributed by atoms with Crippen LogP contribution in [-0.4, -0.2) is 24.2 Å². The van der Waals surface area contributed by atoms with Gasteiger partial charge in [0.05, 0.1) is 0 Å². The second-order valence-corrected chi connectivity index (χ2v) is 4.52. The molecule has 1 fully saturated rings. The third kappa shape index (κ3) is 2.89. The number of aromatic hydroxyl groups is 1. The van der Waals surface area contributed by atoms with Gasteiger partial charge in [-0.25, -0.2) is 0 Å². The summed E-state index contributed by atoms with van der Waals surface area (Å²) in [7, 11) is 0. The zero-order valence-corrected chi connectivity index (χ0v) is 9.79. The molecule has 3 N–H and O–H groups in total. The van der Waals surface area contributed by atoms with Crippen LogP contribution in [0.5, 0.6) is 5.75 Å². The molecule has 1 aliphatic rings. The van der Waals surface area contributed by atoms with Crippen LogP contribution in [0.15, 0.2) is 18.2 Å². The minimum Gasteiger partial charge on any atom is -0.508 e. The van der Waals surface area contributed by atoms with Gasteiger partial charge in [0.1, 0.15) is 5.75 Å². The lowest BCUT2D eigenvalue weighted by Gasteiger charge is -2.19. The summed E-state index contributed by atoms with van der Waals surface area (Å²) < 4.78 is 0. The number of nitrogens with one attached hydrogen (secondary N) is 2. The lowest BCUT2D eigenvalue weighted by molar-refractivity contribution is 0.475. The van der Waals surface area contributed by atoms with Crippen LogP contribution in [0.1, 0.15) is 24.8 Å². The van der Waals surface area contributed by atoms with Crippen LogP contribution in [-0.2, 0) is 0 Å². The number of hydrogen-bond acceptors (Lipinski definition) is 3. The molecule has 0 spiro atoms. The van der Waals surface area contributed by atoms with Crippen molar-refractivity contribution in [3.8, 4) is 5.75 Å². The molecule has 1 aromatic rings. The molecule has 2 rings (SSSR count). The first kappa shape index (κ1) is 11.3. The molecule has 1 atom stereocenters. The maximum Gasteiger partial charge on any atom is 0.115 e. The van der Waals surface area contributed by atoms with E-state index in [-0.39, 0.29) is 0 Å². The molecule has 1 unspecified atom stereocenters. The van der Waals surface area contributed by atoms with Crippen molar-refractivity contribution >= 4 is 5.69 Å². The number of phenols is 1. The first-order valence-electron chi connectivity index (χ1n) is 6.02. The van der Waals surface area contributed by atoms with Crippen LogP contribution in [0.3, 0.4) is 0 Å². The van der Waals surface area contributed by atoms with Gasteiger partial charge >= 0.3 is 0 Å². The fourth-order valence-corrected chi connectivity index (χ4v) is 2.19. The second kappa shape index (κ2) is 5.21. The van der Waals surface area contributed by atoms with Crippen molar-refractivity contribution < 1.29 is 5.11 Å². The zero-order valence-electron chi connectivity index (χ0n) is 9.79. The minimum atomic E-state index is 0.339. The molecule has 0 bridgehead atoms. The molecule has 3 heteroatoms. The van der Waals surface area contributed by atoms with Crippen molar-refractivity contribution in [3.05, 3.63) is 23.8 Å². The number of anilines is 1. The van der Waals surface area contributed by atoms with Crippen molar-refractivity contribution in [2.75, 3.05) is 18.4 Å². The van der Waals surface area contributed by atoms with E-state index in [1.807, 2.05) is 13.0 Å². The van der Waals surface area contributed by atoms with Gasteiger partial charge in [-0.3, -0.25) is 0 Å². The van der Waals surface area contributed by atoms with Crippen LogP contribution in [0.25, 0.3) is 0 Å². The summed E-state index contributed by atoms with van der Waals surface area (Å²) in [5.74, 6) is 0.339. The van der Waals surface area contributed by atoms with Crippen LogP contribution >= 0.6 is 0 Å². The van der Waals surface area contributed by atoms with E-state index in [4.69, 9.17) is 0 Å². The predicted molar refractivity (Wildman–Crippen MR) is 67.0 cm³/mol. The Hall–Kier alpha value is -1.22. The summed E-state index contributed by atoms with van der Waals surface area (Å²) in [4.78, 5) is 0. The Balaban J connectivity index is 2.01. The van der Waals surface area contributed by atoms with Gasteiger partial charge in [0.15, 0.2) is 0 Å². The molecule has 0 amide bonds. The van der Waals surface area contributed by atoms with Crippen LogP contribution in [0.4, 0.5) is 5.69 Å². The molecule has 1 heterocycles. The molecule has 0 aliphatic carbocycles. The molecule has 0 saturated carbocycles. The third-order valence-electron chi connectivity index (χ3n) is 3.15. The van der Waals surface area contributed by atoms with Gasteiger partial charge in [-0.05, 0) is 63.0 Å². The van der Waals surface area contributed by atoms with Gasteiger partial charge in [-0.2, -0.15) is 0 Å². The van der Waals surface area contributed by atoms with Crippen molar-refractivity contribution in [1.82, 2.24) is 5.32 Å². The number of hydrogen-bond donors (Lipinski definition) is 3. The molecule has 0 radical (unpaired) electrons. The summed E-state index contributed by atoms with van der Waals surface area (Å²) in [6.07, 6.45) is 3.61. The monoisotopic (exact) mass is 220 g/mol. The van der Waals surface area contributed by atoms with Crippen LogP contribution in [0.2, 0.25) is 0 Å². The maximum absolute atomic E-state index is 9.35. The van der Waals surface area contributed by atoms with Crippen LogP contribution in [0, 0.1) is 6.92 Å². The van der Waals surface area contributed by atoms with Gasteiger partial charge in [0.25, 0.3) is 0 Å². The van der Waals surface area contributed by atoms with E-state index >= 15 is 0 Å². The average Bonchev–Trinajstić information content (AvgIpc) is 2.51. The highest BCUT2D eigenvalue weighted by Crippen LogP contribution is 2.22. The Kier molecular flexibility index (Phi) is 3.67. The molecule has 88 valence electrons. The fourth-order valence-electron chi connectivity index (χ4n) is 2.19. The third-order valence-corrected chi connectivity index (χ3v) is 3.15. The predicted octanol–water partition coefficient (Wildman–Crippen LogP) is 2.25. The Morgan fingerprint density at radius 3 is 3.00 bits per heavy atom. The SMILES string of the molecule is Cc1cc(O)ccc1NC1CCCNCC1. The van der Waals surface area contributed by atoms with Crippen molar-refractivity contribution in [1.29, 1.82) is 0 Å². The molecule has 0 aromatic heterocycles. The first-order chi connectivity index (χ1) is 7.75. The van der Waals surface area contributed by atoms with Gasteiger partial charge in [0, 0.05) is 11.7 Å². The summed E-state index contributed by atoms with van der Waals surface area (Å²) >= 11 is 0. The fraction of sp³-hybridized carbons (Fsp3) is 0.538. The largest absolute Gasteiger partial charge is 0.508 e. The summed E-state index contributed by atoms with van der Waals surface area (Å²) in [5, 5.41) is 16.3. The lowest BCUT2D eigenvalue weighted by Crippen LogP contribution is -2.21. The van der Waals surface area contributed by atoms with Crippen molar-refractivity contribution in [2.24, 2.45) is 0 Å². The second-order valence-electron chi connectivity index (χ2n) is 4.52. The number of benzene rings is 1. The average molecular weight is 220 g/mol. The molecular formula is C13H20N2O. The quantitative estimate of drug-likeness (QED) is 0.670. The highest BCUT2D eigenvalue weighted by Gasteiger charge is 2.12. The normalized spacial score (nSPS) is 21.4. The van der Waals surface area contributed by atoms with E-state index in [1.54, 1.807) is 12.1 Å². The highest BCUT2D eigenvalue weighted by molar-refractivity contribution is 5.53. The highest BCUT2D eigenvalue weighted by atomic mass is 16.3. The van der Waals surface area contributed by atoms with Crippen molar-refractivity contribution in [3.63, 3.8) is 0 Å². The van der Waals surface area contributed by atoms with Gasteiger partial charge < -0.3 is 15.7 Å². The van der Waals surface area contributed by atoms with E-state index < -0.39 is 0 Å². The topological polar surface area (TPSA) is 44.3 Å². The maximum atomic E-state index is 9.35. The smallest absolute Gasteiger partial charge is 0.115 e. The van der Waals surface area contributed by atoms with Crippen molar-refractivity contribution in [2.45, 2.75) is 32.2 Å². The Morgan fingerprint density at radius 1 is 1.31 bits per heavy atom. The molecule has 1 aliphatic heterocycles. The number of aryl methyl sites for hydroxylation is 1. The molecule has 3 nitrogen and oxygen atoms in total. The van der Waals surface area contributed by atoms with Gasteiger partial charge in [-0.15, -0.1) is 0 Å². The number of rotatable bonds is 2. The lowest BCUT2D eigenvalue weighted by atomic mass is 10.1.